The van der Waals surface area contributed by atoms with Crippen molar-refractivity contribution in [1.29, 1.82) is 0 Å². The maximum atomic E-state index is 11.2. The van der Waals surface area contributed by atoms with Gasteiger partial charge in [-0.05, 0) is 38.6 Å². The van der Waals surface area contributed by atoms with Crippen LogP contribution in [-0.2, 0) is 4.79 Å². The van der Waals surface area contributed by atoms with Crippen LogP contribution in [0.5, 0.6) is 0 Å². The summed E-state index contributed by atoms with van der Waals surface area (Å²) in [7, 11) is 0. The van der Waals surface area contributed by atoms with Crippen molar-refractivity contribution in [2.24, 2.45) is 11.8 Å². The number of rotatable bonds is 8. The van der Waals surface area contributed by atoms with E-state index in [0.29, 0.717) is 12.0 Å². The van der Waals surface area contributed by atoms with Crippen molar-refractivity contribution >= 4 is 5.97 Å². The third-order valence-electron chi connectivity index (χ3n) is 4.20. The summed E-state index contributed by atoms with van der Waals surface area (Å²) in [5.41, 5.74) is 0. The molecule has 0 amide bonds. The number of hydrogen-bond acceptors (Lipinski definition) is 2. The molecular weight excluding hydrogens is 226 g/mol. The van der Waals surface area contributed by atoms with Gasteiger partial charge in [0.25, 0.3) is 0 Å². The Hall–Kier alpha value is -0.570. The van der Waals surface area contributed by atoms with Crippen molar-refractivity contribution < 1.29 is 9.90 Å². The van der Waals surface area contributed by atoms with Crippen LogP contribution < -0.4 is 5.32 Å². The van der Waals surface area contributed by atoms with Crippen molar-refractivity contribution in [2.45, 2.75) is 71.3 Å². The van der Waals surface area contributed by atoms with Crippen molar-refractivity contribution in [2.75, 3.05) is 6.54 Å². The summed E-state index contributed by atoms with van der Waals surface area (Å²) >= 11 is 0. The summed E-state index contributed by atoms with van der Waals surface area (Å²) in [5.74, 6) is -0.376. The highest BCUT2D eigenvalue weighted by Crippen LogP contribution is 2.29. The molecule has 3 heteroatoms. The second kappa shape index (κ2) is 8.52. The number of nitrogens with one attached hydrogen (secondary N) is 1. The van der Waals surface area contributed by atoms with E-state index in [1.54, 1.807) is 0 Å². The van der Waals surface area contributed by atoms with Crippen LogP contribution in [0.15, 0.2) is 0 Å². The number of carboxylic acids is 1. The minimum atomic E-state index is -0.597. The monoisotopic (exact) mass is 255 g/mol. The van der Waals surface area contributed by atoms with Crippen molar-refractivity contribution in [1.82, 2.24) is 5.32 Å². The lowest BCUT2D eigenvalue weighted by molar-refractivity contribution is -0.144. The maximum absolute atomic E-state index is 11.2. The van der Waals surface area contributed by atoms with Crippen LogP contribution in [0, 0.1) is 11.8 Å². The average molecular weight is 255 g/mol. The van der Waals surface area contributed by atoms with Gasteiger partial charge in [-0.3, -0.25) is 4.79 Å². The minimum absolute atomic E-state index is 0.117. The Bertz CT molecular complexity index is 243. The minimum Gasteiger partial charge on any atom is -0.481 e. The Kier molecular flexibility index (Phi) is 7.33. The Morgan fingerprint density at radius 1 is 1.33 bits per heavy atom. The number of hydrogen-bond donors (Lipinski definition) is 2. The standard InChI is InChI=1S/C15H29NO2/c1-3-4-5-8-12(2)16-11-13-9-6-7-10-14(13)15(17)18/h12-14,16H,3-11H2,1-2H3,(H,17,18). The lowest BCUT2D eigenvalue weighted by Crippen LogP contribution is -2.38. The lowest BCUT2D eigenvalue weighted by atomic mass is 9.79. The summed E-state index contributed by atoms with van der Waals surface area (Å²) in [5, 5.41) is 12.8. The van der Waals surface area contributed by atoms with E-state index in [4.69, 9.17) is 0 Å². The van der Waals surface area contributed by atoms with Crippen LogP contribution in [0.3, 0.4) is 0 Å². The van der Waals surface area contributed by atoms with Gasteiger partial charge in [0.1, 0.15) is 0 Å². The van der Waals surface area contributed by atoms with Gasteiger partial charge in [0.05, 0.1) is 5.92 Å². The highest BCUT2D eigenvalue weighted by Gasteiger charge is 2.30. The molecule has 18 heavy (non-hydrogen) atoms. The van der Waals surface area contributed by atoms with Gasteiger partial charge in [0, 0.05) is 6.04 Å². The SMILES string of the molecule is CCCCCC(C)NCC1CCCCC1C(=O)O. The molecule has 0 aromatic heterocycles. The quantitative estimate of drug-likeness (QED) is 0.653. The van der Waals surface area contributed by atoms with Crippen molar-refractivity contribution in [3.63, 3.8) is 0 Å². The summed E-state index contributed by atoms with van der Waals surface area (Å²) in [6.45, 7) is 5.32. The van der Waals surface area contributed by atoms with Gasteiger partial charge < -0.3 is 10.4 Å². The molecule has 1 saturated carbocycles. The van der Waals surface area contributed by atoms with Gasteiger partial charge in [-0.2, -0.15) is 0 Å². The fourth-order valence-corrected chi connectivity index (χ4v) is 2.93. The van der Waals surface area contributed by atoms with E-state index in [2.05, 4.69) is 19.2 Å². The van der Waals surface area contributed by atoms with E-state index in [-0.39, 0.29) is 5.92 Å². The third kappa shape index (κ3) is 5.38. The number of carboxylic acid groups (broad SMARTS) is 1. The second-order valence-corrected chi connectivity index (χ2v) is 5.79. The number of unbranched alkanes of at least 4 members (excludes halogenated alkanes) is 2. The van der Waals surface area contributed by atoms with Crippen molar-refractivity contribution in [3.8, 4) is 0 Å². The van der Waals surface area contributed by atoms with E-state index in [1.165, 1.54) is 32.1 Å². The summed E-state index contributed by atoms with van der Waals surface area (Å²) in [4.78, 5) is 11.2. The third-order valence-corrected chi connectivity index (χ3v) is 4.20. The zero-order valence-electron chi connectivity index (χ0n) is 12.0. The maximum Gasteiger partial charge on any atom is 0.306 e. The van der Waals surface area contributed by atoms with Gasteiger partial charge in [0.2, 0.25) is 0 Å². The normalized spacial score (nSPS) is 25.9. The highest BCUT2D eigenvalue weighted by atomic mass is 16.4. The van der Waals surface area contributed by atoms with Crippen LogP contribution in [0.2, 0.25) is 0 Å². The molecule has 0 heterocycles. The van der Waals surface area contributed by atoms with E-state index >= 15 is 0 Å². The van der Waals surface area contributed by atoms with Crippen LogP contribution in [0.1, 0.15) is 65.2 Å². The molecular formula is C15H29NO2. The molecule has 3 unspecified atom stereocenters. The smallest absolute Gasteiger partial charge is 0.306 e. The predicted molar refractivity (Wildman–Crippen MR) is 74.7 cm³/mol. The summed E-state index contributed by atoms with van der Waals surface area (Å²) in [6.07, 6.45) is 9.26. The number of carbonyl (C=O) groups is 1. The van der Waals surface area contributed by atoms with Gasteiger partial charge in [-0.1, -0.05) is 39.0 Å². The summed E-state index contributed by atoms with van der Waals surface area (Å²) < 4.78 is 0. The molecule has 1 fully saturated rings. The first-order valence-corrected chi connectivity index (χ1v) is 7.61. The summed E-state index contributed by atoms with van der Waals surface area (Å²) in [6, 6.07) is 0.521. The Balaban J connectivity index is 2.25. The topological polar surface area (TPSA) is 49.3 Å². The Morgan fingerprint density at radius 3 is 2.72 bits per heavy atom. The molecule has 1 aliphatic carbocycles. The molecule has 0 radical (unpaired) electrons. The Morgan fingerprint density at radius 2 is 2.06 bits per heavy atom. The largest absolute Gasteiger partial charge is 0.481 e. The van der Waals surface area contributed by atoms with E-state index in [9.17, 15) is 9.90 Å². The van der Waals surface area contributed by atoms with Crippen LogP contribution >= 0.6 is 0 Å². The van der Waals surface area contributed by atoms with Gasteiger partial charge in [0.15, 0.2) is 0 Å². The van der Waals surface area contributed by atoms with Crippen LogP contribution in [0.25, 0.3) is 0 Å². The first-order chi connectivity index (χ1) is 8.65. The molecule has 1 rings (SSSR count). The van der Waals surface area contributed by atoms with Crippen LogP contribution in [-0.4, -0.2) is 23.7 Å². The van der Waals surface area contributed by atoms with Gasteiger partial charge in [-0.25, -0.2) is 0 Å². The fourth-order valence-electron chi connectivity index (χ4n) is 2.93. The lowest BCUT2D eigenvalue weighted by Gasteiger charge is -2.29. The van der Waals surface area contributed by atoms with Gasteiger partial charge in [-0.15, -0.1) is 0 Å². The molecule has 3 nitrogen and oxygen atoms in total. The molecule has 0 bridgehead atoms. The zero-order valence-corrected chi connectivity index (χ0v) is 12.0. The molecule has 1 aliphatic rings. The molecule has 106 valence electrons. The zero-order chi connectivity index (χ0) is 13.4. The molecule has 0 spiro atoms. The Labute approximate surface area is 111 Å². The van der Waals surface area contributed by atoms with Crippen molar-refractivity contribution in [3.05, 3.63) is 0 Å². The van der Waals surface area contributed by atoms with Gasteiger partial charge >= 0.3 is 5.97 Å². The molecule has 3 atom stereocenters. The van der Waals surface area contributed by atoms with E-state index in [1.807, 2.05) is 0 Å². The molecule has 0 aromatic carbocycles. The molecule has 2 N–H and O–H groups in total. The average Bonchev–Trinajstić information content (AvgIpc) is 2.37. The van der Waals surface area contributed by atoms with Crippen LogP contribution in [0.4, 0.5) is 0 Å². The fraction of sp³-hybridized carbons (Fsp3) is 0.933. The molecule has 0 saturated heterocycles. The second-order valence-electron chi connectivity index (χ2n) is 5.79. The first kappa shape index (κ1) is 15.5. The molecule has 0 aromatic rings. The number of aliphatic carboxylic acids is 1. The molecule has 0 aliphatic heterocycles. The first-order valence-electron chi connectivity index (χ1n) is 7.61. The predicted octanol–water partition coefficient (Wildman–Crippen LogP) is 3.44. The van der Waals surface area contributed by atoms with E-state index < -0.39 is 5.97 Å². The van der Waals surface area contributed by atoms with E-state index in [0.717, 1.165) is 25.8 Å². The highest BCUT2D eigenvalue weighted by molar-refractivity contribution is 5.70.